The monoisotopic (exact) mass is 203 g/mol. The van der Waals surface area contributed by atoms with Gasteiger partial charge >= 0.3 is 0 Å². The van der Waals surface area contributed by atoms with Crippen molar-refractivity contribution in [2.75, 3.05) is 24.6 Å². The van der Waals surface area contributed by atoms with Gasteiger partial charge in [0.15, 0.2) is 0 Å². The number of carbonyl (C=O) groups is 1. The first-order chi connectivity index (χ1) is 6.24. The van der Waals surface area contributed by atoms with E-state index in [1.165, 1.54) is 0 Å². The van der Waals surface area contributed by atoms with Crippen LogP contribution in [0.5, 0.6) is 0 Å². The Balaban J connectivity index is 2.27. The van der Waals surface area contributed by atoms with Crippen molar-refractivity contribution < 1.29 is 9.00 Å². The van der Waals surface area contributed by atoms with Crippen LogP contribution >= 0.6 is 0 Å². The van der Waals surface area contributed by atoms with E-state index < -0.39 is 10.8 Å². The van der Waals surface area contributed by atoms with E-state index in [-0.39, 0.29) is 5.91 Å². The number of nitrogens with zero attached hydrogens (tertiary/aromatic N) is 1. The first-order valence-corrected chi connectivity index (χ1v) is 6.35. The molecular formula is C9H17NO2S. The second-order valence-electron chi connectivity index (χ2n) is 3.33. The van der Waals surface area contributed by atoms with Gasteiger partial charge in [-0.1, -0.05) is 13.3 Å². The Morgan fingerprint density at radius 3 is 2.54 bits per heavy atom. The molecule has 0 radical (unpaired) electrons. The number of amides is 1. The van der Waals surface area contributed by atoms with Gasteiger partial charge < -0.3 is 4.90 Å². The fourth-order valence-electron chi connectivity index (χ4n) is 1.37. The molecule has 0 N–H and O–H groups in total. The van der Waals surface area contributed by atoms with Gasteiger partial charge in [-0.2, -0.15) is 0 Å². The summed E-state index contributed by atoms with van der Waals surface area (Å²) in [6.07, 6.45) is 2.69. The van der Waals surface area contributed by atoms with Crippen LogP contribution in [-0.2, 0) is 15.6 Å². The molecule has 4 heteroatoms. The topological polar surface area (TPSA) is 37.4 Å². The summed E-state index contributed by atoms with van der Waals surface area (Å²) in [5.74, 6) is 1.56. The smallest absolute Gasteiger partial charge is 0.222 e. The highest BCUT2D eigenvalue weighted by atomic mass is 32.2. The van der Waals surface area contributed by atoms with E-state index in [1.807, 2.05) is 4.90 Å². The summed E-state index contributed by atoms with van der Waals surface area (Å²) >= 11 is 0. The number of unbranched alkanes of at least 4 members (excludes halogenated alkanes) is 1. The van der Waals surface area contributed by atoms with Crippen molar-refractivity contribution in [2.24, 2.45) is 0 Å². The molecule has 1 saturated heterocycles. The van der Waals surface area contributed by atoms with Crippen LogP contribution in [0.3, 0.4) is 0 Å². The predicted molar refractivity (Wildman–Crippen MR) is 54.0 cm³/mol. The molecule has 76 valence electrons. The lowest BCUT2D eigenvalue weighted by Crippen LogP contribution is -2.41. The molecule has 3 nitrogen and oxygen atoms in total. The van der Waals surface area contributed by atoms with Gasteiger partial charge in [-0.15, -0.1) is 0 Å². The van der Waals surface area contributed by atoms with Crippen molar-refractivity contribution in [3.63, 3.8) is 0 Å². The number of hydrogen-bond acceptors (Lipinski definition) is 2. The lowest BCUT2D eigenvalue weighted by molar-refractivity contribution is -0.130. The normalized spacial score (nSPS) is 19.0. The van der Waals surface area contributed by atoms with E-state index in [0.717, 1.165) is 12.8 Å². The third-order valence-electron chi connectivity index (χ3n) is 2.27. The maximum Gasteiger partial charge on any atom is 0.222 e. The zero-order chi connectivity index (χ0) is 9.68. The van der Waals surface area contributed by atoms with Gasteiger partial charge in [0.25, 0.3) is 0 Å². The molecule has 1 fully saturated rings. The zero-order valence-corrected chi connectivity index (χ0v) is 8.94. The van der Waals surface area contributed by atoms with Crippen LogP contribution in [-0.4, -0.2) is 39.6 Å². The predicted octanol–water partition coefficient (Wildman–Crippen LogP) is 0.768. The van der Waals surface area contributed by atoms with Crippen molar-refractivity contribution in [1.82, 2.24) is 4.90 Å². The molecule has 0 spiro atoms. The van der Waals surface area contributed by atoms with Crippen molar-refractivity contribution in [3.05, 3.63) is 0 Å². The van der Waals surface area contributed by atoms with Crippen molar-refractivity contribution in [2.45, 2.75) is 26.2 Å². The largest absolute Gasteiger partial charge is 0.341 e. The van der Waals surface area contributed by atoms with E-state index in [9.17, 15) is 9.00 Å². The van der Waals surface area contributed by atoms with Gasteiger partial charge in [-0.05, 0) is 6.42 Å². The molecule has 0 aromatic heterocycles. The number of hydrogen-bond donors (Lipinski definition) is 0. The summed E-state index contributed by atoms with van der Waals surface area (Å²) < 4.78 is 11.0. The molecule has 0 atom stereocenters. The van der Waals surface area contributed by atoms with Crippen LogP contribution in [0.25, 0.3) is 0 Å². The molecule has 0 aromatic rings. The van der Waals surface area contributed by atoms with Crippen LogP contribution in [0.1, 0.15) is 26.2 Å². The van der Waals surface area contributed by atoms with Gasteiger partial charge in [0.1, 0.15) is 0 Å². The average Bonchev–Trinajstić information content (AvgIpc) is 2.15. The Labute approximate surface area is 81.9 Å². The van der Waals surface area contributed by atoms with Gasteiger partial charge in [0.05, 0.1) is 0 Å². The van der Waals surface area contributed by atoms with Crippen molar-refractivity contribution in [3.8, 4) is 0 Å². The molecule has 1 aliphatic heterocycles. The lowest BCUT2D eigenvalue weighted by Gasteiger charge is -2.26. The molecule has 1 heterocycles. The maximum absolute atomic E-state index is 11.5. The van der Waals surface area contributed by atoms with Crippen LogP contribution in [0.4, 0.5) is 0 Å². The molecule has 13 heavy (non-hydrogen) atoms. The number of rotatable bonds is 3. The Hall–Kier alpha value is -0.380. The maximum atomic E-state index is 11.5. The third-order valence-corrected chi connectivity index (χ3v) is 3.55. The number of carbonyl (C=O) groups excluding carboxylic acids is 1. The minimum atomic E-state index is -0.677. The fourth-order valence-corrected chi connectivity index (χ4v) is 2.43. The second kappa shape index (κ2) is 5.37. The second-order valence-corrected chi connectivity index (χ2v) is 5.03. The van der Waals surface area contributed by atoms with E-state index in [0.29, 0.717) is 31.0 Å². The zero-order valence-electron chi connectivity index (χ0n) is 8.12. The highest BCUT2D eigenvalue weighted by Gasteiger charge is 2.18. The van der Waals surface area contributed by atoms with Gasteiger partial charge in [0.2, 0.25) is 5.91 Å². The summed E-state index contributed by atoms with van der Waals surface area (Å²) in [5.41, 5.74) is 0. The Morgan fingerprint density at radius 1 is 1.38 bits per heavy atom. The molecule has 0 aromatic carbocycles. The minimum Gasteiger partial charge on any atom is -0.341 e. The highest BCUT2D eigenvalue weighted by Crippen LogP contribution is 2.05. The first kappa shape index (κ1) is 10.7. The van der Waals surface area contributed by atoms with Crippen LogP contribution in [0, 0.1) is 0 Å². The van der Waals surface area contributed by atoms with E-state index >= 15 is 0 Å². The lowest BCUT2D eigenvalue weighted by atomic mass is 10.2. The van der Waals surface area contributed by atoms with Crippen LogP contribution < -0.4 is 0 Å². The van der Waals surface area contributed by atoms with Crippen LogP contribution in [0.2, 0.25) is 0 Å². The summed E-state index contributed by atoms with van der Waals surface area (Å²) in [4.78, 5) is 13.3. The van der Waals surface area contributed by atoms with Crippen LogP contribution in [0.15, 0.2) is 0 Å². The fraction of sp³-hybridized carbons (Fsp3) is 0.889. The summed E-state index contributed by atoms with van der Waals surface area (Å²) in [7, 11) is -0.677. The minimum absolute atomic E-state index is 0.235. The van der Waals surface area contributed by atoms with E-state index in [2.05, 4.69) is 6.92 Å². The molecule has 1 rings (SSSR count). The van der Waals surface area contributed by atoms with Gasteiger partial charge in [0, 0.05) is 41.8 Å². The van der Waals surface area contributed by atoms with E-state index in [4.69, 9.17) is 0 Å². The van der Waals surface area contributed by atoms with E-state index in [1.54, 1.807) is 0 Å². The van der Waals surface area contributed by atoms with Gasteiger partial charge in [-0.25, -0.2) is 0 Å². The average molecular weight is 203 g/mol. The molecule has 0 unspecified atom stereocenters. The summed E-state index contributed by atoms with van der Waals surface area (Å²) in [5, 5.41) is 0. The molecule has 0 bridgehead atoms. The summed E-state index contributed by atoms with van der Waals surface area (Å²) in [6.45, 7) is 3.46. The Kier molecular flexibility index (Phi) is 4.42. The van der Waals surface area contributed by atoms with Crippen molar-refractivity contribution in [1.29, 1.82) is 0 Å². The third kappa shape index (κ3) is 3.46. The quantitative estimate of drug-likeness (QED) is 0.679. The van der Waals surface area contributed by atoms with Gasteiger partial charge in [-0.3, -0.25) is 9.00 Å². The molecule has 0 aliphatic carbocycles. The molecular weight excluding hydrogens is 186 g/mol. The SMILES string of the molecule is CCCCC(=O)N1CCS(=O)CC1. The highest BCUT2D eigenvalue weighted by molar-refractivity contribution is 7.85. The molecule has 1 aliphatic rings. The van der Waals surface area contributed by atoms with Crippen molar-refractivity contribution >= 4 is 16.7 Å². The Bertz CT molecular complexity index is 196. The molecule has 1 amide bonds. The molecule has 0 saturated carbocycles. The first-order valence-electron chi connectivity index (χ1n) is 4.86. The summed E-state index contributed by atoms with van der Waals surface area (Å²) in [6, 6.07) is 0. The standard InChI is InChI=1S/C9H17NO2S/c1-2-3-4-9(11)10-5-7-13(12)8-6-10/h2-8H2,1H3. The Morgan fingerprint density at radius 2 is 2.00 bits per heavy atom.